The molecule has 10 heteroatoms. The summed E-state index contributed by atoms with van der Waals surface area (Å²) in [5.74, 6) is -0.617. The van der Waals surface area contributed by atoms with Crippen molar-refractivity contribution < 1.29 is 14.1 Å². The number of hydrazone groups is 1. The van der Waals surface area contributed by atoms with E-state index in [2.05, 4.69) is 20.6 Å². The van der Waals surface area contributed by atoms with Gasteiger partial charge in [-0.2, -0.15) is 10.2 Å². The number of benzene rings is 1. The third-order valence-corrected chi connectivity index (χ3v) is 4.06. The second-order valence-corrected chi connectivity index (χ2v) is 6.05. The van der Waals surface area contributed by atoms with Gasteiger partial charge in [-0.15, -0.1) is 0 Å². The van der Waals surface area contributed by atoms with E-state index in [1.807, 2.05) is 30.3 Å². The van der Waals surface area contributed by atoms with Crippen molar-refractivity contribution in [3.8, 4) is 17.1 Å². The Labute approximate surface area is 169 Å². The highest BCUT2D eigenvalue weighted by molar-refractivity contribution is 5.95. The second-order valence-electron chi connectivity index (χ2n) is 6.05. The van der Waals surface area contributed by atoms with Crippen LogP contribution in [0.5, 0.6) is 0 Å². The second kappa shape index (κ2) is 8.19. The number of para-hydroxylation sites is 1. The lowest BCUT2D eigenvalue weighted by atomic mass is 10.2. The molecule has 0 aliphatic rings. The fourth-order valence-corrected chi connectivity index (χ4v) is 2.66. The molecule has 148 valence electrons. The van der Waals surface area contributed by atoms with Crippen molar-refractivity contribution >= 4 is 18.0 Å². The van der Waals surface area contributed by atoms with E-state index in [0.717, 1.165) is 5.69 Å². The zero-order valence-electron chi connectivity index (χ0n) is 15.4. The smallest absolute Gasteiger partial charge is 0.399 e. The molecule has 30 heavy (non-hydrogen) atoms. The number of furan rings is 1. The number of amides is 1. The number of nitrogens with one attached hydrogen (secondary N) is 1. The largest absolute Gasteiger partial charge is 0.433 e. The topological polar surface area (TPSA) is 128 Å². The molecule has 4 rings (SSSR count). The number of aromatic nitrogens is 3. The highest BCUT2D eigenvalue weighted by atomic mass is 16.6. The summed E-state index contributed by atoms with van der Waals surface area (Å²) in [5.41, 5.74) is 4.38. The van der Waals surface area contributed by atoms with Crippen LogP contribution in [0.4, 0.5) is 5.88 Å². The van der Waals surface area contributed by atoms with E-state index in [1.54, 1.807) is 29.2 Å². The Morgan fingerprint density at radius 3 is 2.70 bits per heavy atom. The highest BCUT2D eigenvalue weighted by Crippen LogP contribution is 2.27. The molecule has 0 aliphatic carbocycles. The van der Waals surface area contributed by atoms with Crippen LogP contribution >= 0.6 is 0 Å². The number of hydrogen-bond donors (Lipinski definition) is 1. The molecule has 1 N–H and O–H groups in total. The first-order valence-corrected chi connectivity index (χ1v) is 8.75. The number of rotatable bonds is 6. The Morgan fingerprint density at radius 1 is 1.17 bits per heavy atom. The van der Waals surface area contributed by atoms with Crippen molar-refractivity contribution in [2.75, 3.05) is 0 Å². The zero-order chi connectivity index (χ0) is 20.9. The Morgan fingerprint density at radius 2 is 2.00 bits per heavy atom. The molecular formula is C20H14N6O4. The summed E-state index contributed by atoms with van der Waals surface area (Å²) in [6.45, 7) is 0. The third-order valence-electron chi connectivity index (χ3n) is 4.06. The van der Waals surface area contributed by atoms with E-state index in [0.29, 0.717) is 16.8 Å². The molecule has 3 aromatic heterocycles. The van der Waals surface area contributed by atoms with E-state index in [9.17, 15) is 14.9 Å². The molecule has 1 aromatic carbocycles. The molecule has 0 saturated carbocycles. The standard InChI is InChI=1S/C20H14N6O4/c27-20(14-5-4-10-21-11-14)23-22-12-15-13-25(16-6-2-1-3-7-16)24-19(15)17-8-9-18(30-17)26(28)29/h1-13H,(H,23,27). The van der Waals surface area contributed by atoms with E-state index in [4.69, 9.17) is 4.42 Å². The fourth-order valence-electron chi connectivity index (χ4n) is 2.66. The molecule has 10 nitrogen and oxygen atoms in total. The molecule has 0 atom stereocenters. The number of pyridine rings is 1. The van der Waals surface area contributed by atoms with Crippen molar-refractivity contribution in [3.63, 3.8) is 0 Å². The first kappa shape index (κ1) is 18.7. The van der Waals surface area contributed by atoms with Crippen LogP contribution < -0.4 is 5.43 Å². The first-order valence-electron chi connectivity index (χ1n) is 8.75. The van der Waals surface area contributed by atoms with Gasteiger partial charge < -0.3 is 4.42 Å². The summed E-state index contributed by atoms with van der Waals surface area (Å²) < 4.78 is 6.88. The average molecular weight is 402 g/mol. The lowest BCUT2D eigenvalue weighted by Crippen LogP contribution is -2.17. The molecule has 0 aliphatic heterocycles. The molecule has 0 saturated heterocycles. The number of carbonyl (C=O) groups excluding carboxylic acids is 1. The summed E-state index contributed by atoms with van der Waals surface area (Å²) in [5, 5.41) is 19.4. The Bertz CT molecular complexity index is 1210. The van der Waals surface area contributed by atoms with Crippen LogP contribution in [0.2, 0.25) is 0 Å². The summed E-state index contributed by atoms with van der Waals surface area (Å²) in [6.07, 6.45) is 6.06. The van der Waals surface area contributed by atoms with Gasteiger partial charge in [0.15, 0.2) is 5.76 Å². The SMILES string of the molecule is O=C(NN=Cc1cn(-c2ccccc2)nc1-c1ccc([N+](=O)[O-])o1)c1cccnc1. The maximum absolute atomic E-state index is 12.1. The minimum absolute atomic E-state index is 0.205. The van der Waals surface area contributed by atoms with Gasteiger partial charge in [0.05, 0.1) is 23.5 Å². The molecule has 0 spiro atoms. The summed E-state index contributed by atoms with van der Waals surface area (Å²) in [7, 11) is 0. The monoisotopic (exact) mass is 402 g/mol. The number of nitro groups is 1. The quantitative estimate of drug-likeness (QED) is 0.300. The van der Waals surface area contributed by atoms with Crippen LogP contribution in [0.15, 0.2) is 82.7 Å². The Balaban J connectivity index is 1.65. The van der Waals surface area contributed by atoms with Crippen LogP contribution in [0.3, 0.4) is 0 Å². The summed E-state index contributed by atoms with van der Waals surface area (Å²) >= 11 is 0. The molecule has 1 amide bonds. The number of carbonyl (C=O) groups is 1. The Hall–Kier alpha value is -4.60. The van der Waals surface area contributed by atoms with Gasteiger partial charge in [-0.25, -0.2) is 10.1 Å². The van der Waals surface area contributed by atoms with Gasteiger partial charge in [0.1, 0.15) is 10.6 Å². The van der Waals surface area contributed by atoms with E-state index in [1.165, 1.54) is 24.5 Å². The molecule has 0 radical (unpaired) electrons. The highest BCUT2D eigenvalue weighted by Gasteiger charge is 2.19. The van der Waals surface area contributed by atoms with Gasteiger partial charge in [-0.05, 0) is 30.3 Å². The molecule has 0 fully saturated rings. The number of hydrogen-bond acceptors (Lipinski definition) is 7. The van der Waals surface area contributed by atoms with Gasteiger partial charge >= 0.3 is 5.88 Å². The zero-order valence-corrected chi connectivity index (χ0v) is 15.4. The molecule has 4 aromatic rings. The van der Waals surface area contributed by atoms with Gasteiger partial charge in [0.2, 0.25) is 0 Å². The third kappa shape index (κ3) is 3.97. The minimum atomic E-state index is -0.625. The van der Waals surface area contributed by atoms with Crippen LogP contribution in [0, 0.1) is 10.1 Å². The Kier molecular flexibility index (Phi) is 5.12. The van der Waals surface area contributed by atoms with Crippen LogP contribution in [0.1, 0.15) is 15.9 Å². The van der Waals surface area contributed by atoms with Crippen molar-refractivity contribution in [1.82, 2.24) is 20.2 Å². The van der Waals surface area contributed by atoms with E-state index < -0.39 is 16.7 Å². The predicted molar refractivity (Wildman–Crippen MR) is 107 cm³/mol. The molecule has 3 heterocycles. The van der Waals surface area contributed by atoms with Crippen LogP contribution in [-0.2, 0) is 0 Å². The summed E-state index contributed by atoms with van der Waals surface area (Å²) in [6, 6.07) is 15.3. The lowest BCUT2D eigenvalue weighted by molar-refractivity contribution is -0.401. The maximum Gasteiger partial charge on any atom is 0.433 e. The maximum atomic E-state index is 12.1. The van der Waals surface area contributed by atoms with Gasteiger partial charge in [0, 0.05) is 24.2 Å². The van der Waals surface area contributed by atoms with Gasteiger partial charge in [0.25, 0.3) is 5.91 Å². The number of nitrogens with zero attached hydrogens (tertiary/aromatic N) is 5. The van der Waals surface area contributed by atoms with Crippen molar-refractivity contribution in [3.05, 3.63) is 94.4 Å². The normalized spacial score (nSPS) is 10.9. The van der Waals surface area contributed by atoms with Crippen molar-refractivity contribution in [2.24, 2.45) is 5.10 Å². The van der Waals surface area contributed by atoms with E-state index in [-0.39, 0.29) is 5.76 Å². The van der Waals surface area contributed by atoms with Crippen LogP contribution in [-0.4, -0.2) is 31.8 Å². The minimum Gasteiger partial charge on any atom is -0.399 e. The molecular weight excluding hydrogens is 388 g/mol. The molecule has 0 unspecified atom stereocenters. The van der Waals surface area contributed by atoms with Crippen molar-refractivity contribution in [2.45, 2.75) is 0 Å². The summed E-state index contributed by atoms with van der Waals surface area (Å²) in [4.78, 5) is 26.3. The average Bonchev–Trinajstić information content (AvgIpc) is 3.42. The lowest BCUT2D eigenvalue weighted by Gasteiger charge is -1.98. The first-order chi connectivity index (χ1) is 14.6. The van der Waals surface area contributed by atoms with E-state index >= 15 is 0 Å². The van der Waals surface area contributed by atoms with Gasteiger partial charge in [-0.3, -0.25) is 19.9 Å². The van der Waals surface area contributed by atoms with Gasteiger partial charge in [-0.1, -0.05) is 18.2 Å². The van der Waals surface area contributed by atoms with Crippen molar-refractivity contribution in [1.29, 1.82) is 0 Å². The van der Waals surface area contributed by atoms with Crippen LogP contribution in [0.25, 0.3) is 17.1 Å². The molecule has 0 bridgehead atoms. The fraction of sp³-hybridized carbons (Fsp3) is 0. The predicted octanol–water partition coefficient (Wildman–Crippen LogP) is 3.20.